The summed E-state index contributed by atoms with van der Waals surface area (Å²) in [4.78, 5) is 12.1. The second-order valence-corrected chi connectivity index (χ2v) is 5.83. The molecule has 4 nitrogen and oxygen atoms in total. The Bertz CT molecular complexity index is 458. The maximum Gasteiger partial charge on any atom is 0.260 e. The van der Waals surface area contributed by atoms with Crippen LogP contribution in [0, 0.1) is 12.8 Å². The van der Waals surface area contributed by atoms with Crippen molar-refractivity contribution in [2.45, 2.75) is 46.8 Å². The number of nitrogens with one attached hydrogen (secondary N) is 2. The largest absolute Gasteiger partial charge is 0.480 e. The van der Waals surface area contributed by atoms with Crippen molar-refractivity contribution in [3.63, 3.8) is 0 Å². The molecule has 0 bridgehead atoms. The summed E-state index contributed by atoms with van der Waals surface area (Å²) in [5, 5.41) is 6.05. The van der Waals surface area contributed by atoms with Gasteiger partial charge in [0.25, 0.3) is 5.91 Å². The van der Waals surface area contributed by atoms with Crippen molar-refractivity contribution < 1.29 is 9.53 Å². The van der Waals surface area contributed by atoms with Crippen molar-refractivity contribution in [2.75, 3.05) is 13.6 Å². The van der Waals surface area contributed by atoms with Gasteiger partial charge in [-0.05, 0) is 38.8 Å². The molecule has 0 heterocycles. The van der Waals surface area contributed by atoms with Gasteiger partial charge in [-0.3, -0.25) is 4.79 Å². The molecular formula is C17H28N2O2. The number of carbonyl (C=O) groups excluding carboxylic acids is 1. The fraction of sp³-hybridized carbons (Fsp3) is 0.588. The third kappa shape index (κ3) is 5.76. The smallest absolute Gasteiger partial charge is 0.260 e. The summed E-state index contributed by atoms with van der Waals surface area (Å²) in [5.41, 5.74) is 2.11. The molecule has 1 atom stereocenters. The quantitative estimate of drug-likeness (QED) is 0.774. The highest BCUT2D eigenvalue weighted by Gasteiger charge is 2.17. The number of carbonyl (C=O) groups is 1. The molecule has 0 spiro atoms. The van der Waals surface area contributed by atoms with Crippen LogP contribution in [-0.4, -0.2) is 25.6 Å². The predicted molar refractivity (Wildman–Crippen MR) is 86.5 cm³/mol. The van der Waals surface area contributed by atoms with Crippen LogP contribution in [0.25, 0.3) is 0 Å². The van der Waals surface area contributed by atoms with E-state index in [0.717, 1.165) is 29.8 Å². The van der Waals surface area contributed by atoms with E-state index in [2.05, 4.69) is 24.5 Å². The molecule has 0 aromatic heterocycles. The van der Waals surface area contributed by atoms with Crippen molar-refractivity contribution in [2.24, 2.45) is 5.92 Å². The van der Waals surface area contributed by atoms with E-state index in [4.69, 9.17) is 4.74 Å². The lowest BCUT2D eigenvalue weighted by molar-refractivity contribution is -0.127. The Labute approximate surface area is 128 Å². The lowest BCUT2D eigenvalue weighted by Crippen LogP contribution is -2.37. The minimum Gasteiger partial charge on any atom is -0.480 e. The Balaban J connectivity index is 2.65. The number of ether oxygens (including phenoxy) is 1. The van der Waals surface area contributed by atoms with Gasteiger partial charge in [-0.2, -0.15) is 0 Å². The summed E-state index contributed by atoms with van der Waals surface area (Å²) < 4.78 is 5.90. The van der Waals surface area contributed by atoms with Crippen molar-refractivity contribution in [1.82, 2.24) is 10.6 Å². The van der Waals surface area contributed by atoms with E-state index in [1.54, 1.807) is 6.92 Å². The SMILES string of the molecule is CNCc1cccc(C)c1OC(C)C(=O)NCCC(C)C. The zero-order valence-electron chi connectivity index (χ0n) is 13.8. The van der Waals surface area contributed by atoms with E-state index in [0.29, 0.717) is 12.5 Å². The van der Waals surface area contributed by atoms with Crippen LogP contribution in [0.5, 0.6) is 5.75 Å². The fourth-order valence-electron chi connectivity index (χ4n) is 2.07. The molecule has 0 aliphatic carbocycles. The maximum atomic E-state index is 12.1. The summed E-state index contributed by atoms with van der Waals surface area (Å²) in [7, 11) is 1.90. The number of hydrogen-bond donors (Lipinski definition) is 2. The Morgan fingerprint density at radius 2 is 2.00 bits per heavy atom. The van der Waals surface area contributed by atoms with Crippen LogP contribution in [0.1, 0.15) is 38.3 Å². The number of hydrogen-bond acceptors (Lipinski definition) is 3. The highest BCUT2D eigenvalue weighted by molar-refractivity contribution is 5.80. The van der Waals surface area contributed by atoms with Gasteiger partial charge in [0.05, 0.1) is 0 Å². The van der Waals surface area contributed by atoms with Crippen LogP contribution in [0.3, 0.4) is 0 Å². The van der Waals surface area contributed by atoms with Gasteiger partial charge in [0.15, 0.2) is 6.10 Å². The van der Waals surface area contributed by atoms with Crippen LogP contribution in [-0.2, 0) is 11.3 Å². The number of aryl methyl sites for hydroxylation is 1. The molecule has 0 aliphatic rings. The molecule has 0 radical (unpaired) electrons. The van der Waals surface area contributed by atoms with Gasteiger partial charge in [-0.15, -0.1) is 0 Å². The van der Waals surface area contributed by atoms with Gasteiger partial charge in [0, 0.05) is 18.7 Å². The summed E-state index contributed by atoms with van der Waals surface area (Å²) in [6, 6.07) is 6.02. The molecule has 118 valence electrons. The third-order valence-corrected chi connectivity index (χ3v) is 3.35. The lowest BCUT2D eigenvalue weighted by Gasteiger charge is -2.19. The first kappa shape index (κ1) is 17.5. The normalized spacial score (nSPS) is 12.3. The molecule has 1 rings (SSSR count). The van der Waals surface area contributed by atoms with Gasteiger partial charge in [-0.25, -0.2) is 0 Å². The number of para-hydroxylation sites is 1. The molecule has 0 fully saturated rings. The Hall–Kier alpha value is -1.55. The van der Waals surface area contributed by atoms with Crippen LogP contribution >= 0.6 is 0 Å². The van der Waals surface area contributed by atoms with E-state index in [1.165, 1.54) is 0 Å². The fourth-order valence-corrected chi connectivity index (χ4v) is 2.07. The highest BCUT2D eigenvalue weighted by Crippen LogP contribution is 2.24. The average molecular weight is 292 g/mol. The second-order valence-electron chi connectivity index (χ2n) is 5.83. The molecule has 1 unspecified atom stereocenters. The van der Waals surface area contributed by atoms with Crippen molar-refractivity contribution in [3.8, 4) is 5.75 Å². The Kier molecular flexibility index (Phi) is 7.23. The number of amides is 1. The van der Waals surface area contributed by atoms with Crippen molar-refractivity contribution in [1.29, 1.82) is 0 Å². The Morgan fingerprint density at radius 1 is 1.29 bits per heavy atom. The minimum absolute atomic E-state index is 0.0608. The lowest BCUT2D eigenvalue weighted by atomic mass is 10.1. The molecule has 4 heteroatoms. The zero-order chi connectivity index (χ0) is 15.8. The highest BCUT2D eigenvalue weighted by atomic mass is 16.5. The monoisotopic (exact) mass is 292 g/mol. The van der Waals surface area contributed by atoms with Crippen LogP contribution < -0.4 is 15.4 Å². The number of rotatable bonds is 8. The van der Waals surface area contributed by atoms with E-state index in [9.17, 15) is 4.79 Å². The van der Waals surface area contributed by atoms with E-state index in [-0.39, 0.29) is 5.91 Å². The topological polar surface area (TPSA) is 50.4 Å². The van der Waals surface area contributed by atoms with E-state index >= 15 is 0 Å². The second kappa shape index (κ2) is 8.67. The molecule has 1 aromatic carbocycles. The zero-order valence-corrected chi connectivity index (χ0v) is 13.8. The predicted octanol–water partition coefficient (Wildman–Crippen LogP) is 2.64. The molecule has 2 N–H and O–H groups in total. The Morgan fingerprint density at radius 3 is 2.62 bits per heavy atom. The maximum absolute atomic E-state index is 12.1. The van der Waals surface area contributed by atoms with Gasteiger partial charge in [0.2, 0.25) is 0 Å². The molecule has 1 aromatic rings. The molecule has 1 amide bonds. The standard InChI is InChI=1S/C17H28N2O2/c1-12(2)9-10-19-17(20)14(4)21-16-13(3)7-6-8-15(16)11-18-5/h6-8,12,14,18H,9-11H2,1-5H3,(H,19,20). The van der Waals surface area contributed by atoms with Gasteiger partial charge in [-0.1, -0.05) is 32.0 Å². The van der Waals surface area contributed by atoms with E-state index < -0.39 is 6.10 Å². The van der Waals surface area contributed by atoms with Gasteiger partial charge < -0.3 is 15.4 Å². The van der Waals surface area contributed by atoms with E-state index in [1.807, 2.05) is 32.2 Å². The first-order valence-corrected chi connectivity index (χ1v) is 7.63. The van der Waals surface area contributed by atoms with Gasteiger partial charge >= 0.3 is 0 Å². The van der Waals surface area contributed by atoms with Crippen molar-refractivity contribution >= 4 is 5.91 Å². The molecular weight excluding hydrogens is 264 g/mol. The van der Waals surface area contributed by atoms with Crippen LogP contribution in [0.4, 0.5) is 0 Å². The summed E-state index contributed by atoms with van der Waals surface area (Å²) in [6.45, 7) is 9.49. The third-order valence-electron chi connectivity index (χ3n) is 3.35. The molecule has 21 heavy (non-hydrogen) atoms. The van der Waals surface area contributed by atoms with Crippen molar-refractivity contribution in [3.05, 3.63) is 29.3 Å². The van der Waals surface area contributed by atoms with Gasteiger partial charge in [0.1, 0.15) is 5.75 Å². The summed E-state index contributed by atoms with van der Waals surface area (Å²) >= 11 is 0. The molecule has 0 saturated heterocycles. The summed E-state index contributed by atoms with van der Waals surface area (Å²) in [6.07, 6.45) is 0.488. The number of benzene rings is 1. The van der Waals surface area contributed by atoms with Crippen LogP contribution in [0.2, 0.25) is 0 Å². The molecule has 0 aliphatic heterocycles. The molecule has 0 saturated carbocycles. The first-order valence-electron chi connectivity index (χ1n) is 7.63. The first-order chi connectivity index (χ1) is 9.95. The van der Waals surface area contributed by atoms with Crippen LogP contribution in [0.15, 0.2) is 18.2 Å². The minimum atomic E-state index is -0.492. The summed E-state index contributed by atoms with van der Waals surface area (Å²) in [5.74, 6) is 1.33. The average Bonchev–Trinajstić information content (AvgIpc) is 2.42.